The molecule has 1 aliphatic heterocycles. The van der Waals surface area contributed by atoms with Crippen molar-refractivity contribution >= 4 is 27.3 Å². The summed E-state index contributed by atoms with van der Waals surface area (Å²) in [6.07, 6.45) is 2.64. The summed E-state index contributed by atoms with van der Waals surface area (Å²) in [7, 11) is -3.73. The van der Waals surface area contributed by atoms with E-state index >= 15 is 0 Å². The predicted octanol–water partition coefficient (Wildman–Crippen LogP) is 0.780. The Labute approximate surface area is 121 Å². The highest BCUT2D eigenvalue weighted by Gasteiger charge is 2.33. The van der Waals surface area contributed by atoms with Crippen molar-refractivity contribution in [2.75, 3.05) is 13.1 Å². The first-order chi connectivity index (χ1) is 9.49. The van der Waals surface area contributed by atoms with Gasteiger partial charge in [-0.25, -0.2) is 17.9 Å². The molecule has 6 nitrogen and oxygen atoms in total. The molecule has 2 heterocycles. The number of sulfonamides is 1. The highest BCUT2D eigenvalue weighted by molar-refractivity contribution is 7.91. The second-order valence-electron chi connectivity index (χ2n) is 5.19. The SMILES string of the molecule is O=C(O)c1c(S(=O)(=O)NCC2CC2)sc2c1CCNC2. The lowest BCUT2D eigenvalue weighted by Gasteiger charge is -2.12. The van der Waals surface area contributed by atoms with Crippen LogP contribution in [-0.4, -0.2) is 32.6 Å². The summed E-state index contributed by atoms with van der Waals surface area (Å²) in [5.41, 5.74) is 0.642. The van der Waals surface area contributed by atoms with Crippen molar-refractivity contribution < 1.29 is 18.3 Å². The number of hydrogen-bond donors (Lipinski definition) is 3. The monoisotopic (exact) mass is 316 g/mol. The van der Waals surface area contributed by atoms with Crippen molar-refractivity contribution in [2.45, 2.75) is 30.0 Å². The van der Waals surface area contributed by atoms with Crippen molar-refractivity contribution in [2.24, 2.45) is 5.92 Å². The van der Waals surface area contributed by atoms with Gasteiger partial charge in [0.1, 0.15) is 4.21 Å². The molecule has 0 unspecified atom stereocenters. The molecule has 1 aromatic heterocycles. The van der Waals surface area contributed by atoms with Crippen LogP contribution in [0.15, 0.2) is 4.21 Å². The lowest BCUT2D eigenvalue weighted by atomic mass is 10.1. The lowest BCUT2D eigenvalue weighted by Crippen LogP contribution is -2.27. The summed E-state index contributed by atoms with van der Waals surface area (Å²) in [5.74, 6) is -0.745. The summed E-state index contributed by atoms with van der Waals surface area (Å²) in [5, 5.41) is 12.5. The molecule has 110 valence electrons. The van der Waals surface area contributed by atoms with Gasteiger partial charge < -0.3 is 10.4 Å². The van der Waals surface area contributed by atoms with Crippen LogP contribution in [-0.2, 0) is 23.0 Å². The maximum Gasteiger partial charge on any atom is 0.338 e. The molecule has 0 amide bonds. The molecule has 8 heteroatoms. The summed E-state index contributed by atoms with van der Waals surface area (Å²) in [6, 6.07) is 0. The first-order valence-corrected chi connectivity index (χ1v) is 8.87. The Bertz CT molecular complexity index is 647. The quantitative estimate of drug-likeness (QED) is 0.746. The third-order valence-electron chi connectivity index (χ3n) is 3.61. The number of thiophene rings is 1. The van der Waals surface area contributed by atoms with Gasteiger partial charge in [-0.1, -0.05) is 0 Å². The van der Waals surface area contributed by atoms with Gasteiger partial charge in [0.05, 0.1) is 5.56 Å². The average molecular weight is 316 g/mol. The number of carbonyl (C=O) groups is 1. The van der Waals surface area contributed by atoms with Gasteiger partial charge in [-0.2, -0.15) is 0 Å². The normalized spacial score (nSPS) is 18.8. The lowest BCUT2D eigenvalue weighted by molar-refractivity contribution is 0.0692. The second-order valence-corrected chi connectivity index (χ2v) is 8.26. The number of carboxylic acid groups (broad SMARTS) is 1. The highest BCUT2D eigenvalue weighted by atomic mass is 32.2. The minimum absolute atomic E-state index is 0.0326. The molecule has 0 spiro atoms. The van der Waals surface area contributed by atoms with Crippen LogP contribution in [0.1, 0.15) is 33.6 Å². The molecule has 1 aliphatic carbocycles. The first kappa shape index (κ1) is 14.0. The molecule has 20 heavy (non-hydrogen) atoms. The zero-order valence-electron chi connectivity index (χ0n) is 10.8. The molecule has 0 saturated heterocycles. The van der Waals surface area contributed by atoms with Gasteiger partial charge in [0.15, 0.2) is 0 Å². The molecule has 0 aromatic carbocycles. The molecule has 1 fully saturated rings. The van der Waals surface area contributed by atoms with E-state index in [2.05, 4.69) is 10.0 Å². The molecule has 2 aliphatic rings. The minimum atomic E-state index is -3.73. The van der Waals surface area contributed by atoms with Crippen LogP contribution in [0.4, 0.5) is 0 Å². The maximum atomic E-state index is 12.3. The highest BCUT2D eigenvalue weighted by Crippen LogP contribution is 2.35. The summed E-state index contributed by atoms with van der Waals surface area (Å²) in [6.45, 7) is 1.62. The van der Waals surface area contributed by atoms with Crippen LogP contribution in [0, 0.1) is 5.92 Å². The average Bonchev–Trinajstić information content (AvgIpc) is 3.14. The van der Waals surface area contributed by atoms with E-state index in [1.807, 2.05) is 0 Å². The molecule has 0 radical (unpaired) electrons. The molecule has 0 bridgehead atoms. The van der Waals surface area contributed by atoms with E-state index in [1.54, 1.807) is 0 Å². The third-order valence-corrected chi connectivity index (χ3v) is 6.79. The number of rotatable bonds is 5. The van der Waals surface area contributed by atoms with Gasteiger partial charge in [0.2, 0.25) is 0 Å². The molecular weight excluding hydrogens is 300 g/mol. The Morgan fingerprint density at radius 2 is 2.20 bits per heavy atom. The molecule has 0 atom stereocenters. The van der Waals surface area contributed by atoms with Gasteiger partial charge >= 0.3 is 5.97 Å². The second kappa shape index (κ2) is 5.10. The number of carboxylic acids is 1. The van der Waals surface area contributed by atoms with E-state index in [-0.39, 0.29) is 9.77 Å². The fourth-order valence-electron chi connectivity index (χ4n) is 2.33. The number of fused-ring (bicyclic) bond motifs is 1. The number of hydrogen-bond acceptors (Lipinski definition) is 5. The third kappa shape index (κ3) is 2.60. The topological polar surface area (TPSA) is 95.5 Å². The Morgan fingerprint density at radius 3 is 2.85 bits per heavy atom. The van der Waals surface area contributed by atoms with E-state index in [4.69, 9.17) is 0 Å². The van der Waals surface area contributed by atoms with Crippen LogP contribution in [0.25, 0.3) is 0 Å². The van der Waals surface area contributed by atoms with E-state index in [0.717, 1.165) is 29.1 Å². The number of aromatic carboxylic acids is 1. The van der Waals surface area contributed by atoms with Gasteiger partial charge in [-0.15, -0.1) is 11.3 Å². The van der Waals surface area contributed by atoms with Crippen molar-refractivity contribution in [1.29, 1.82) is 0 Å². The number of nitrogens with one attached hydrogen (secondary N) is 2. The minimum Gasteiger partial charge on any atom is -0.478 e. The fraction of sp³-hybridized carbons (Fsp3) is 0.583. The van der Waals surface area contributed by atoms with Gasteiger partial charge in [-0.3, -0.25) is 0 Å². The maximum absolute atomic E-state index is 12.3. The van der Waals surface area contributed by atoms with Crippen LogP contribution in [0.5, 0.6) is 0 Å². The largest absolute Gasteiger partial charge is 0.478 e. The van der Waals surface area contributed by atoms with E-state index in [0.29, 0.717) is 37.5 Å². The van der Waals surface area contributed by atoms with E-state index in [9.17, 15) is 18.3 Å². The zero-order chi connectivity index (χ0) is 14.3. The summed E-state index contributed by atoms with van der Waals surface area (Å²) < 4.78 is 27.1. The molecule has 3 rings (SSSR count). The Hall–Kier alpha value is -0.960. The van der Waals surface area contributed by atoms with Crippen LogP contribution < -0.4 is 10.0 Å². The molecular formula is C12H16N2O4S2. The Kier molecular flexibility index (Phi) is 3.57. The molecule has 1 saturated carbocycles. The first-order valence-electron chi connectivity index (χ1n) is 6.57. The van der Waals surface area contributed by atoms with E-state index in [1.165, 1.54) is 0 Å². The van der Waals surface area contributed by atoms with Gasteiger partial charge in [0.25, 0.3) is 10.0 Å². The Morgan fingerprint density at radius 1 is 1.45 bits per heavy atom. The Balaban J connectivity index is 1.98. The molecule has 1 aromatic rings. The summed E-state index contributed by atoms with van der Waals surface area (Å²) >= 11 is 1.08. The summed E-state index contributed by atoms with van der Waals surface area (Å²) in [4.78, 5) is 12.3. The molecule has 3 N–H and O–H groups in total. The van der Waals surface area contributed by atoms with Gasteiger partial charge in [0, 0.05) is 18.0 Å². The smallest absolute Gasteiger partial charge is 0.338 e. The standard InChI is InChI=1S/C12H16N2O4S2/c15-11(16)10-8-3-4-13-6-9(8)19-12(10)20(17,18)14-5-7-1-2-7/h7,13-14H,1-6H2,(H,15,16). The predicted molar refractivity (Wildman–Crippen MR) is 74.6 cm³/mol. The van der Waals surface area contributed by atoms with Crippen molar-refractivity contribution in [3.63, 3.8) is 0 Å². The van der Waals surface area contributed by atoms with Crippen LogP contribution in [0.2, 0.25) is 0 Å². The fourth-order valence-corrected chi connectivity index (χ4v) is 5.35. The van der Waals surface area contributed by atoms with Crippen LogP contribution in [0.3, 0.4) is 0 Å². The van der Waals surface area contributed by atoms with E-state index < -0.39 is 16.0 Å². The zero-order valence-corrected chi connectivity index (χ0v) is 12.4. The van der Waals surface area contributed by atoms with Crippen molar-refractivity contribution in [3.8, 4) is 0 Å². The van der Waals surface area contributed by atoms with Crippen LogP contribution >= 0.6 is 11.3 Å². The van der Waals surface area contributed by atoms with Crippen molar-refractivity contribution in [3.05, 3.63) is 16.0 Å². The van der Waals surface area contributed by atoms with Gasteiger partial charge in [-0.05, 0) is 37.3 Å². The van der Waals surface area contributed by atoms with Crippen molar-refractivity contribution in [1.82, 2.24) is 10.0 Å².